The highest BCUT2D eigenvalue weighted by Gasteiger charge is 2.42. The van der Waals surface area contributed by atoms with E-state index >= 15 is 0 Å². The first-order valence-electron chi connectivity index (χ1n) is 9.58. The Balaban J connectivity index is 1.67. The van der Waals surface area contributed by atoms with Crippen LogP contribution in [-0.2, 0) is 0 Å². The van der Waals surface area contributed by atoms with Crippen LogP contribution in [-0.4, -0.2) is 12.6 Å². The van der Waals surface area contributed by atoms with Gasteiger partial charge >= 0.3 is 0 Å². The van der Waals surface area contributed by atoms with Crippen LogP contribution in [0.1, 0.15) is 90.9 Å². The Morgan fingerprint density at radius 2 is 1.70 bits per heavy atom. The van der Waals surface area contributed by atoms with Crippen molar-refractivity contribution in [1.29, 1.82) is 0 Å². The van der Waals surface area contributed by atoms with Gasteiger partial charge in [0.2, 0.25) is 0 Å². The standard InChI is InChI=1S/C19H37N/c1-3-5-6-7-8-9-10-19(20-13-4-2)18-15-16-11-12-17(18)14-16/h16-20H,3-15H2,1-2H3. The van der Waals surface area contributed by atoms with Gasteiger partial charge in [-0.3, -0.25) is 0 Å². The van der Waals surface area contributed by atoms with E-state index in [2.05, 4.69) is 19.2 Å². The van der Waals surface area contributed by atoms with E-state index in [0.29, 0.717) is 0 Å². The van der Waals surface area contributed by atoms with Crippen LogP contribution < -0.4 is 5.32 Å². The van der Waals surface area contributed by atoms with E-state index in [0.717, 1.165) is 23.8 Å². The van der Waals surface area contributed by atoms with E-state index in [1.165, 1.54) is 64.3 Å². The smallest absolute Gasteiger partial charge is 0.00980 e. The zero-order valence-corrected chi connectivity index (χ0v) is 14.0. The first-order valence-corrected chi connectivity index (χ1v) is 9.58. The van der Waals surface area contributed by atoms with Crippen LogP contribution in [0.5, 0.6) is 0 Å². The van der Waals surface area contributed by atoms with Crippen LogP contribution in [0.3, 0.4) is 0 Å². The van der Waals surface area contributed by atoms with Crippen molar-refractivity contribution in [1.82, 2.24) is 5.32 Å². The molecule has 0 aromatic carbocycles. The third kappa shape index (κ3) is 4.76. The SMILES string of the molecule is CCCCCCCCC(NCCC)C1CC2CCC1C2. The largest absolute Gasteiger partial charge is 0.314 e. The average Bonchev–Trinajstić information content (AvgIpc) is 3.08. The minimum atomic E-state index is 0.844. The molecule has 2 fully saturated rings. The predicted molar refractivity (Wildman–Crippen MR) is 89.0 cm³/mol. The molecule has 0 amide bonds. The molecule has 4 atom stereocenters. The molecule has 1 N–H and O–H groups in total. The molecular formula is C19H37N. The van der Waals surface area contributed by atoms with Crippen LogP contribution in [0.25, 0.3) is 0 Å². The van der Waals surface area contributed by atoms with Crippen molar-refractivity contribution in [2.75, 3.05) is 6.54 Å². The molecule has 1 heteroatoms. The third-order valence-electron chi connectivity index (χ3n) is 5.83. The summed E-state index contributed by atoms with van der Waals surface area (Å²) in [6.07, 6.45) is 17.6. The highest BCUT2D eigenvalue weighted by Crippen LogP contribution is 2.50. The van der Waals surface area contributed by atoms with Crippen molar-refractivity contribution < 1.29 is 0 Å². The molecule has 4 unspecified atom stereocenters. The molecule has 0 heterocycles. The van der Waals surface area contributed by atoms with Crippen LogP contribution >= 0.6 is 0 Å². The van der Waals surface area contributed by atoms with Crippen LogP contribution in [0.2, 0.25) is 0 Å². The van der Waals surface area contributed by atoms with Gasteiger partial charge in [0.1, 0.15) is 0 Å². The fourth-order valence-corrected chi connectivity index (χ4v) is 4.73. The maximum absolute atomic E-state index is 3.90. The topological polar surface area (TPSA) is 12.0 Å². The highest BCUT2D eigenvalue weighted by molar-refractivity contribution is 4.95. The lowest BCUT2D eigenvalue weighted by molar-refractivity contribution is 0.234. The summed E-state index contributed by atoms with van der Waals surface area (Å²) in [4.78, 5) is 0. The van der Waals surface area contributed by atoms with E-state index in [9.17, 15) is 0 Å². The number of fused-ring (bicyclic) bond motifs is 2. The van der Waals surface area contributed by atoms with Crippen LogP contribution in [0.15, 0.2) is 0 Å². The number of nitrogens with one attached hydrogen (secondary N) is 1. The van der Waals surface area contributed by atoms with Gasteiger partial charge in [0, 0.05) is 6.04 Å². The van der Waals surface area contributed by atoms with Gasteiger partial charge in [0.15, 0.2) is 0 Å². The maximum Gasteiger partial charge on any atom is 0.00980 e. The molecular weight excluding hydrogens is 242 g/mol. The van der Waals surface area contributed by atoms with Crippen molar-refractivity contribution in [3.8, 4) is 0 Å². The second kappa shape index (κ2) is 9.07. The molecule has 2 rings (SSSR count). The Hall–Kier alpha value is -0.0400. The highest BCUT2D eigenvalue weighted by atomic mass is 14.9. The van der Waals surface area contributed by atoms with E-state index in [4.69, 9.17) is 0 Å². The summed E-state index contributed by atoms with van der Waals surface area (Å²) in [5.41, 5.74) is 0. The average molecular weight is 280 g/mol. The lowest BCUT2D eigenvalue weighted by Crippen LogP contribution is -2.39. The number of hydrogen-bond donors (Lipinski definition) is 1. The van der Waals surface area contributed by atoms with Crippen molar-refractivity contribution in [2.45, 2.75) is 96.9 Å². The van der Waals surface area contributed by atoms with E-state index in [1.807, 2.05) is 0 Å². The summed E-state index contributed by atoms with van der Waals surface area (Å²) in [6, 6.07) is 0.844. The van der Waals surface area contributed by atoms with Gasteiger partial charge < -0.3 is 5.32 Å². The normalized spacial score (nSPS) is 30.0. The quantitative estimate of drug-likeness (QED) is 0.489. The second-order valence-corrected chi connectivity index (χ2v) is 7.46. The van der Waals surface area contributed by atoms with Gasteiger partial charge in [-0.2, -0.15) is 0 Å². The molecule has 2 aliphatic rings. The molecule has 20 heavy (non-hydrogen) atoms. The third-order valence-corrected chi connectivity index (χ3v) is 5.83. The fourth-order valence-electron chi connectivity index (χ4n) is 4.73. The zero-order chi connectivity index (χ0) is 14.2. The van der Waals surface area contributed by atoms with E-state index < -0.39 is 0 Å². The molecule has 0 aliphatic heterocycles. The van der Waals surface area contributed by atoms with Crippen molar-refractivity contribution >= 4 is 0 Å². The molecule has 2 bridgehead atoms. The molecule has 0 aromatic rings. The van der Waals surface area contributed by atoms with Gasteiger partial charge in [-0.1, -0.05) is 58.8 Å². The number of hydrogen-bond acceptors (Lipinski definition) is 1. The molecule has 0 radical (unpaired) electrons. The van der Waals surface area contributed by atoms with Gasteiger partial charge in [0.25, 0.3) is 0 Å². The molecule has 2 aliphatic carbocycles. The lowest BCUT2D eigenvalue weighted by Gasteiger charge is -2.31. The predicted octanol–water partition coefficient (Wildman–Crippen LogP) is 5.54. The maximum atomic E-state index is 3.90. The summed E-state index contributed by atoms with van der Waals surface area (Å²) in [5.74, 6) is 3.20. The fraction of sp³-hybridized carbons (Fsp3) is 1.00. The summed E-state index contributed by atoms with van der Waals surface area (Å²) in [5, 5.41) is 3.90. The molecule has 118 valence electrons. The number of rotatable bonds is 11. The Morgan fingerprint density at radius 1 is 0.900 bits per heavy atom. The second-order valence-electron chi connectivity index (χ2n) is 7.46. The van der Waals surface area contributed by atoms with Gasteiger partial charge in [-0.15, -0.1) is 0 Å². The van der Waals surface area contributed by atoms with Crippen LogP contribution in [0.4, 0.5) is 0 Å². The Bertz CT molecular complexity index is 250. The summed E-state index contributed by atoms with van der Waals surface area (Å²) in [6.45, 7) is 5.84. The Morgan fingerprint density at radius 3 is 2.35 bits per heavy atom. The van der Waals surface area contributed by atoms with Crippen molar-refractivity contribution in [3.63, 3.8) is 0 Å². The number of unbranched alkanes of at least 4 members (excludes halogenated alkanes) is 5. The Kier molecular flexibility index (Phi) is 7.41. The minimum Gasteiger partial charge on any atom is -0.314 e. The van der Waals surface area contributed by atoms with Crippen molar-refractivity contribution in [3.05, 3.63) is 0 Å². The molecule has 0 spiro atoms. The monoisotopic (exact) mass is 279 g/mol. The minimum absolute atomic E-state index is 0.844. The molecule has 0 saturated heterocycles. The van der Waals surface area contributed by atoms with Crippen LogP contribution in [0, 0.1) is 17.8 Å². The van der Waals surface area contributed by atoms with Crippen molar-refractivity contribution in [2.24, 2.45) is 17.8 Å². The first kappa shape index (κ1) is 16.3. The molecule has 0 aromatic heterocycles. The summed E-state index contributed by atoms with van der Waals surface area (Å²) >= 11 is 0. The van der Waals surface area contributed by atoms with E-state index in [-0.39, 0.29) is 0 Å². The van der Waals surface area contributed by atoms with Gasteiger partial charge in [-0.25, -0.2) is 0 Å². The van der Waals surface area contributed by atoms with E-state index in [1.54, 1.807) is 19.3 Å². The summed E-state index contributed by atoms with van der Waals surface area (Å²) < 4.78 is 0. The van der Waals surface area contributed by atoms with Gasteiger partial charge in [-0.05, 0) is 56.4 Å². The lowest BCUT2D eigenvalue weighted by atomic mass is 9.81. The first-order chi connectivity index (χ1) is 9.85. The molecule has 1 nitrogen and oxygen atoms in total. The summed E-state index contributed by atoms with van der Waals surface area (Å²) in [7, 11) is 0. The van der Waals surface area contributed by atoms with Gasteiger partial charge in [0.05, 0.1) is 0 Å². The zero-order valence-electron chi connectivity index (χ0n) is 14.0. The Labute approximate surface area is 127 Å². The molecule has 2 saturated carbocycles.